The van der Waals surface area contributed by atoms with Crippen LogP contribution in [0.2, 0.25) is 5.02 Å². The highest BCUT2D eigenvalue weighted by Gasteiger charge is 2.45. The molecule has 4 rings (SSSR count). The van der Waals surface area contributed by atoms with Gasteiger partial charge in [-0.05, 0) is 36.1 Å². The Hall–Kier alpha value is -2.86. The minimum atomic E-state index is -0.460. The summed E-state index contributed by atoms with van der Waals surface area (Å²) < 4.78 is 4.77. The minimum Gasteiger partial charge on any atom is -0.465 e. The lowest BCUT2D eigenvalue weighted by atomic mass is 10.1. The highest BCUT2D eigenvalue weighted by molar-refractivity contribution is 6.31. The number of nitrogens with zero attached hydrogens (tertiary/aromatic N) is 1. The molecule has 1 heterocycles. The van der Waals surface area contributed by atoms with Crippen LogP contribution in [0.5, 0.6) is 0 Å². The number of esters is 1. The monoisotopic (exact) mass is 369 g/mol. The average Bonchev–Trinajstić information content (AvgIpc) is 3.33. The van der Waals surface area contributed by atoms with Crippen LogP contribution in [0.3, 0.4) is 0 Å². The van der Waals surface area contributed by atoms with E-state index < -0.39 is 5.97 Å². The number of hydrogen-bond donors (Lipinski definition) is 2. The van der Waals surface area contributed by atoms with Gasteiger partial charge in [-0.2, -0.15) is 0 Å². The second-order valence-electron chi connectivity index (χ2n) is 6.24. The molecule has 3 aromatic rings. The fraction of sp³-hybridized carbons (Fsp3) is 0.211. The first-order valence-corrected chi connectivity index (χ1v) is 8.58. The van der Waals surface area contributed by atoms with Gasteiger partial charge in [0.1, 0.15) is 0 Å². The van der Waals surface area contributed by atoms with Crippen LogP contribution in [0, 0.1) is 5.92 Å². The molecule has 2 aromatic carbocycles. The number of rotatable bonds is 4. The van der Waals surface area contributed by atoms with Crippen LogP contribution in [0.25, 0.3) is 11.0 Å². The highest BCUT2D eigenvalue weighted by Crippen LogP contribution is 2.49. The maximum Gasteiger partial charge on any atom is 0.340 e. The first kappa shape index (κ1) is 16.6. The molecule has 1 aromatic heterocycles. The predicted molar refractivity (Wildman–Crippen MR) is 98.4 cm³/mol. The van der Waals surface area contributed by atoms with Gasteiger partial charge in [-0.15, -0.1) is 0 Å². The van der Waals surface area contributed by atoms with Gasteiger partial charge in [-0.25, -0.2) is 9.78 Å². The number of ether oxygens (including phenoxy) is 1. The SMILES string of the molecule is COC(=O)c1cccc2nc(NC(=O)C3CC3c3ccccc3Cl)[nH]c12. The molecule has 0 saturated heterocycles. The van der Waals surface area contributed by atoms with E-state index in [1.165, 1.54) is 7.11 Å². The molecular formula is C19H16ClN3O3. The molecule has 1 fully saturated rings. The van der Waals surface area contributed by atoms with Gasteiger partial charge < -0.3 is 9.72 Å². The largest absolute Gasteiger partial charge is 0.465 e. The van der Waals surface area contributed by atoms with E-state index >= 15 is 0 Å². The Kier molecular flexibility index (Phi) is 4.12. The van der Waals surface area contributed by atoms with E-state index in [0.717, 1.165) is 12.0 Å². The number of H-pyrrole nitrogens is 1. The lowest BCUT2D eigenvalue weighted by molar-refractivity contribution is -0.117. The number of fused-ring (bicyclic) bond motifs is 1. The first-order valence-electron chi connectivity index (χ1n) is 8.21. The summed E-state index contributed by atoms with van der Waals surface area (Å²) in [6.07, 6.45) is 0.753. The number of halogens is 1. The van der Waals surface area contributed by atoms with Crippen molar-refractivity contribution in [3.05, 3.63) is 58.6 Å². The number of carbonyl (C=O) groups excluding carboxylic acids is 2. The highest BCUT2D eigenvalue weighted by atomic mass is 35.5. The molecule has 26 heavy (non-hydrogen) atoms. The summed E-state index contributed by atoms with van der Waals surface area (Å²) in [6.45, 7) is 0. The Bertz CT molecular complexity index is 1010. The van der Waals surface area contributed by atoms with Gasteiger partial charge in [0, 0.05) is 10.9 Å². The number of para-hydroxylation sites is 1. The van der Waals surface area contributed by atoms with Gasteiger partial charge in [0.2, 0.25) is 11.9 Å². The van der Waals surface area contributed by atoms with E-state index in [1.54, 1.807) is 18.2 Å². The maximum absolute atomic E-state index is 12.5. The molecule has 0 bridgehead atoms. The van der Waals surface area contributed by atoms with Crippen LogP contribution in [-0.4, -0.2) is 29.0 Å². The molecule has 0 radical (unpaired) electrons. The molecule has 2 unspecified atom stereocenters. The third-order valence-electron chi connectivity index (χ3n) is 4.60. The van der Waals surface area contributed by atoms with Gasteiger partial charge in [0.25, 0.3) is 0 Å². The number of carbonyl (C=O) groups is 2. The van der Waals surface area contributed by atoms with Crippen molar-refractivity contribution in [2.75, 3.05) is 12.4 Å². The Morgan fingerprint density at radius 3 is 2.81 bits per heavy atom. The summed E-state index contributed by atoms with van der Waals surface area (Å²) in [5, 5.41) is 3.48. The molecule has 2 atom stereocenters. The second kappa shape index (κ2) is 6.46. The number of hydrogen-bond acceptors (Lipinski definition) is 4. The van der Waals surface area contributed by atoms with Crippen molar-refractivity contribution >= 4 is 40.5 Å². The normalized spacial score (nSPS) is 18.5. The minimum absolute atomic E-state index is 0.117. The van der Waals surface area contributed by atoms with Crippen molar-refractivity contribution in [3.8, 4) is 0 Å². The van der Waals surface area contributed by atoms with Crippen LogP contribution in [0.15, 0.2) is 42.5 Å². The molecule has 132 valence electrons. The van der Waals surface area contributed by atoms with Crippen LogP contribution in [-0.2, 0) is 9.53 Å². The van der Waals surface area contributed by atoms with Gasteiger partial charge in [-0.1, -0.05) is 35.9 Å². The summed E-state index contributed by atoms with van der Waals surface area (Å²) in [5.41, 5.74) is 2.49. The van der Waals surface area contributed by atoms with Crippen molar-refractivity contribution in [1.82, 2.24) is 9.97 Å². The molecule has 2 N–H and O–H groups in total. The average molecular weight is 370 g/mol. The zero-order valence-electron chi connectivity index (χ0n) is 14.0. The van der Waals surface area contributed by atoms with Crippen molar-refractivity contribution in [2.24, 2.45) is 5.92 Å². The predicted octanol–water partition coefficient (Wildman–Crippen LogP) is 3.75. The molecule has 1 aliphatic carbocycles. The van der Waals surface area contributed by atoms with Gasteiger partial charge in [0.15, 0.2) is 0 Å². The van der Waals surface area contributed by atoms with E-state index in [4.69, 9.17) is 16.3 Å². The fourth-order valence-corrected chi connectivity index (χ4v) is 3.46. The van der Waals surface area contributed by atoms with Crippen molar-refractivity contribution < 1.29 is 14.3 Å². The lowest BCUT2D eigenvalue weighted by Crippen LogP contribution is -2.15. The molecule has 7 heteroatoms. The van der Waals surface area contributed by atoms with E-state index in [-0.39, 0.29) is 17.7 Å². The molecular weight excluding hydrogens is 354 g/mol. The Morgan fingerprint density at radius 1 is 1.23 bits per heavy atom. The third kappa shape index (κ3) is 2.93. The van der Waals surface area contributed by atoms with E-state index in [2.05, 4.69) is 15.3 Å². The molecule has 1 amide bonds. The summed E-state index contributed by atoms with van der Waals surface area (Å²) in [4.78, 5) is 31.7. The van der Waals surface area contributed by atoms with Crippen molar-refractivity contribution in [2.45, 2.75) is 12.3 Å². The van der Waals surface area contributed by atoms with Crippen molar-refractivity contribution in [3.63, 3.8) is 0 Å². The van der Waals surface area contributed by atoms with Crippen LogP contribution < -0.4 is 5.32 Å². The number of anilines is 1. The van der Waals surface area contributed by atoms with E-state index in [1.807, 2.05) is 24.3 Å². The lowest BCUT2D eigenvalue weighted by Gasteiger charge is -2.03. The van der Waals surface area contributed by atoms with E-state index in [9.17, 15) is 9.59 Å². The zero-order chi connectivity index (χ0) is 18.3. The quantitative estimate of drug-likeness (QED) is 0.686. The third-order valence-corrected chi connectivity index (χ3v) is 4.94. The standard InChI is InChI=1S/C19H16ClN3O3/c1-26-18(25)11-6-4-8-15-16(11)22-19(21-15)23-17(24)13-9-12(13)10-5-2-3-7-14(10)20/h2-8,12-13H,9H2,1H3,(H2,21,22,23,24). The van der Waals surface area contributed by atoms with Gasteiger partial charge >= 0.3 is 5.97 Å². The Morgan fingerprint density at radius 2 is 2.04 bits per heavy atom. The van der Waals surface area contributed by atoms with Crippen LogP contribution >= 0.6 is 11.6 Å². The van der Waals surface area contributed by atoms with Crippen molar-refractivity contribution in [1.29, 1.82) is 0 Å². The summed E-state index contributed by atoms with van der Waals surface area (Å²) >= 11 is 6.21. The first-order chi connectivity index (χ1) is 12.6. The number of imidazole rings is 1. The number of amides is 1. The fourth-order valence-electron chi connectivity index (χ4n) is 3.18. The number of benzene rings is 2. The molecule has 0 spiro atoms. The smallest absolute Gasteiger partial charge is 0.340 e. The topological polar surface area (TPSA) is 84.1 Å². The zero-order valence-corrected chi connectivity index (χ0v) is 14.7. The number of methoxy groups -OCH3 is 1. The number of aromatic amines is 1. The van der Waals surface area contributed by atoms with Crippen LogP contribution in [0.1, 0.15) is 28.3 Å². The van der Waals surface area contributed by atoms with Gasteiger partial charge in [-0.3, -0.25) is 10.1 Å². The summed E-state index contributed by atoms with van der Waals surface area (Å²) in [6, 6.07) is 12.7. The van der Waals surface area contributed by atoms with E-state index in [0.29, 0.717) is 27.6 Å². The van der Waals surface area contributed by atoms with Gasteiger partial charge in [0.05, 0.1) is 23.7 Å². The summed E-state index contributed by atoms with van der Waals surface area (Å²) in [5.74, 6) is -0.278. The maximum atomic E-state index is 12.5. The molecule has 0 aliphatic heterocycles. The molecule has 1 saturated carbocycles. The number of nitrogens with one attached hydrogen (secondary N) is 2. The number of aromatic nitrogens is 2. The Labute approximate surface area is 154 Å². The molecule has 1 aliphatic rings. The second-order valence-corrected chi connectivity index (χ2v) is 6.64. The summed E-state index contributed by atoms with van der Waals surface area (Å²) in [7, 11) is 1.32. The Balaban J connectivity index is 1.52. The molecule has 6 nitrogen and oxygen atoms in total. The van der Waals surface area contributed by atoms with Crippen LogP contribution in [0.4, 0.5) is 5.95 Å².